The minimum Gasteiger partial charge on any atom is -0.393 e. The second-order valence-electron chi connectivity index (χ2n) is 3.30. The fourth-order valence-corrected chi connectivity index (χ4v) is 1.40. The number of carbonyl (C=O) groups is 1. The average molecular weight is 302 g/mol. The number of aromatic nitrogens is 1. The molecular weight excluding hydrogens is 290 g/mol. The van der Waals surface area contributed by atoms with E-state index in [0.717, 1.165) is 4.47 Å². The molecule has 0 saturated heterocycles. The normalized spacial score (nSPS) is 9.88. The minimum atomic E-state index is -0.135. The molecule has 6 heteroatoms. The van der Waals surface area contributed by atoms with Crippen molar-refractivity contribution in [3.63, 3.8) is 0 Å². The summed E-state index contributed by atoms with van der Waals surface area (Å²) in [5, 5.41) is 0. The Morgan fingerprint density at radius 1 is 1.62 bits per heavy atom. The number of pyridine rings is 1. The zero-order valence-corrected chi connectivity index (χ0v) is 11.2. The molecule has 0 bridgehead atoms. The highest BCUT2D eigenvalue weighted by molar-refractivity contribution is 9.10. The Hall–Kier alpha value is -1.01. The zero-order valence-electron chi connectivity index (χ0n) is 8.81. The zero-order chi connectivity index (χ0) is 12.1. The first kappa shape index (κ1) is 13.1. The topological polar surface area (TPSA) is 59.2 Å². The fourth-order valence-electron chi connectivity index (χ4n) is 1.08. The van der Waals surface area contributed by atoms with Gasteiger partial charge in [0.25, 0.3) is 5.91 Å². The van der Waals surface area contributed by atoms with Gasteiger partial charge >= 0.3 is 0 Å². The summed E-state index contributed by atoms with van der Waals surface area (Å²) in [6, 6.07) is 3.45. The number of rotatable bonds is 4. The van der Waals surface area contributed by atoms with Crippen LogP contribution >= 0.6 is 28.1 Å². The molecule has 1 aromatic heterocycles. The maximum atomic E-state index is 11.8. The summed E-state index contributed by atoms with van der Waals surface area (Å²) in [6.45, 7) is 0.506. The van der Waals surface area contributed by atoms with E-state index >= 15 is 0 Å². The summed E-state index contributed by atoms with van der Waals surface area (Å²) in [6.07, 6.45) is 2.11. The van der Waals surface area contributed by atoms with Crippen LogP contribution in [0.5, 0.6) is 0 Å². The Morgan fingerprint density at radius 3 is 2.81 bits per heavy atom. The number of carbonyl (C=O) groups excluding carboxylic acids is 1. The van der Waals surface area contributed by atoms with E-state index in [0.29, 0.717) is 23.6 Å². The van der Waals surface area contributed by atoms with Gasteiger partial charge in [0.15, 0.2) is 0 Å². The summed E-state index contributed by atoms with van der Waals surface area (Å²) in [4.78, 5) is 17.8. The number of halogens is 1. The number of hydrogen-bond acceptors (Lipinski definition) is 3. The van der Waals surface area contributed by atoms with Crippen molar-refractivity contribution in [2.75, 3.05) is 13.6 Å². The smallest absolute Gasteiger partial charge is 0.272 e. The van der Waals surface area contributed by atoms with Gasteiger partial charge in [0, 0.05) is 30.7 Å². The van der Waals surface area contributed by atoms with Gasteiger partial charge in [-0.05, 0) is 28.1 Å². The third-order valence-corrected chi connectivity index (χ3v) is 2.66. The van der Waals surface area contributed by atoms with Crippen LogP contribution in [0.1, 0.15) is 16.9 Å². The first-order valence-corrected chi connectivity index (χ1v) is 5.86. The molecule has 0 radical (unpaired) electrons. The third kappa shape index (κ3) is 3.86. The van der Waals surface area contributed by atoms with Crippen molar-refractivity contribution < 1.29 is 4.79 Å². The van der Waals surface area contributed by atoms with Crippen molar-refractivity contribution in [3.8, 4) is 0 Å². The quantitative estimate of drug-likeness (QED) is 0.858. The van der Waals surface area contributed by atoms with Gasteiger partial charge in [-0.2, -0.15) is 0 Å². The maximum Gasteiger partial charge on any atom is 0.272 e. The van der Waals surface area contributed by atoms with Crippen molar-refractivity contribution in [1.29, 1.82) is 0 Å². The minimum absolute atomic E-state index is 0.135. The van der Waals surface area contributed by atoms with Crippen LogP contribution in [0.15, 0.2) is 22.8 Å². The van der Waals surface area contributed by atoms with Gasteiger partial charge in [-0.1, -0.05) is 12.2 Å². The lowest BCUT2D eigenvalue weighted by Crippen LogP contribution is -2.30. The molecule has 0 atom stereocenters. The van der Waals surface area contributed by atoms with E-state index in [9.17, 15) is 4.79 Å². The van der Waals surface area contributed by atoms with E-state index in [1.54, 1.807) is 30.3 Å². The monoisotopic (exact) mass is 301 g/mol. The van der Waals surface area contributed by atoms with Gasteiger partial charge in [0.2, 0.25) is 0 Å². The molecule has 86 valence electrons. The maximum absolute atomic E-state index is 11.8. The number of nitrogens with two attached hydrogens (primary N) is 1. The van der Waals surface area contributed by atoms with Crippen molar-refractivity contribution in [2.24, 2.45) is 5.73 Å². The summed E-state index contributed by atoms with van der Waals surface area (Å²) in [5.74, 6) is -0.135. The molecule has 4 nitrogen and oxygen atoms in total. The SMILES string of the molecule is CN(CCC(N)=S)C(=O)c1ccc(Br)cn1. The lowest BCUT2D eigenvalue weighted by Gasteiger charge is -2.15. The van der Waals surface area contributed by atoms with E-state index in [1.807, 2.05) is 0 Å². The molecule has 0 saturated carbocycles. The second kappa shape index (κ2) is 5.91. The Morgan fingerprint density at radius 2 is 2.31 bits per heavy atom. The molecule has 0 aliphatic carbocycles. The third-order valence-electron chi connectivity index (χ3n) is 1.99. The highest BCUT2D eigenvalue weighted by atomic mass is 79.9. The van der Waals surface area contributed by atoms with E-state index in [2.05, 4.69) is 20.9 Å². The number of amides is 1. The predicted molar refractivity (Wildman–Crippen MR) is 70.3 cm³/mol. The fraction of sp³-hybridized carbons (Fsp3) is 0.300. The Labute approximate surface area is 108 Å². The number of thiocarbonyl (C=S) groups is 1. The van der Waals surface area contributed by atoms with Crippen LogP contribution in [-0.2, 0) is 0 Å². The molecule has 0 aromatic carbocycles. The molecule has 1 heterocycles. The van der Waals surface area contributed by atoms with Gasteiger partial charge in [-0.15, -0.1) is 0 Å². The number of hydrogen-bond donors (Lipinski definition) is 1. The highest BCUT2D eigenvalue weighted by Gasteiger charge is 2.12. The van der Waals surface area contributed by atoms with Gasteiger partial charge in [0.1, 0.15) is 5.69 Å². The molecule has 1 aromatic rings. The van der Waals surface area contributed by atoms with Gasteiger partial charge < -0.3 is 10.6 Å². The van der Waals surface area contributed by atoms with Crippen LogP contribution in [0.2, 0.25) is 0 Å². The van der Waals surface area contributed by atoms with Crippen molar-refractivity contribution >= 4 is 39.0 Å². The van der Waals surface area contributed by atoms with Crippen LogP contribution in [0.3, 0.4) is 0 Å². The summed E-state index contributed by atoms with van der Waals surface area (Å²) in [7, 11) is 1.70. The molecule has 0 fully saturated rings. The van der Waals surface area contributed by atoms with Gasteiger partial charge in [-0.3, -0.25) is 4.79 Å². The van der Waals surface area contributed by atoms with Crippen LogP contribution in [0.4, 0.5) is 0 Å². The molecule has 1 rings (SSSR count). The first-order chi connectivity index (χ1) is 7.50. The van der Waals surface area contributed by atoms with Crippen LogP contribution in [0, 0.1) is 0 Å². The largest absolute Gasteiger partial charge is 0.393 e. The lowest BCUT2D eigenvalue weighted by atomic mass is 10.3. The van der Waals surface area contributed by atoms with E-state index < -0.39 is 0 Å². The summed E-state index contributed by atoms with van der Waals surface area (Å²) < 4.78 is 0.842. The van der Waals surface area contributed by atoms with E-state index in [-0.39, 0.29) is 5.91 Å². The van der Waals surface area contributed by atoms with E-state index in [4.69, 9.17) is 18.0 Å². The van der Waals surface area contributed by atoms with E-state index in [1.165, 1.54) is 0 Å². The molecular formula is C10H12BrN3OS. The Kier molecular flexibility index (Phi) is 4.82. The van der Waals surface area contributed by atoms with Gasteiger partial charge in [-0.25, -0.2) is 4.98 Å². The van der Waals surface area contributed by atoms with Crippen LogP contribution < -0.4 is 5.73 Å². The molecule has 2 N–H and O–H groups in total. The predicted octanol–water partition coefficient (Wildman–Crippen LogP) is 1.59. The van der Waals surface area contributed by atoms with Gasteiger partial charge in [0.05, 0.1) is 4.99 Å². The molecule has 1 amide bonds. The van der Waals surface area contributed by atoms with Crippen LogP contribution in [-0.4, -0.2) is 34.4 Å². The molecule has 0 aliphatic rings. The lowest BCUT2D eigenvalue weighted by molar-refractivity contribution is 0.0793. The highest BCUT2D eigenvalue weighted by Crippen LogP contribution is 2.08. The first-order valence-electron chi connectivity index (χ1n) is 4.66. The van der Waals surface area contributed by atoms with Crippen molar-refractivity contribution in [1.82, 2.24) is 9.88 Å². The van der Waals surface area contributed by atoms with Crippen molar-refractivity contribution in [3.05, 3.63) is 28.5 Å². The summed E-state index contributed by atoms with van der Waals surface area (Å²) in [5.41, 5.74) is 5.78. The molecule has 0 unspecified atom stereocenters. The molecule has 0 spiro atoms. The summed E-state index contributed by atoms with van der Waals surface area (Å²) >= 11 is 8.01. The standard InChI is InChI=1S/C10H12BrN3OS/c1-14(5-4-9(12)16)10(15)8-3-2-7(11)6-13-8/h2-3,6H,4-5H2,1H3,(H2,12,16). The molecule has 0 aliphatic heterocycles. The van der Waals surface area contributed by atoms with Crippen LogP contribution in [0.25, 0.3) is 0 Å². The Balaban J connectivity index is 2.63. The second-order valence-corrected chi connectivity index (χ2v) is 4.74. The Bertz CT molecular complexity index is 394. The molecule has 16 heavy (non-hydrogen) atoms. The van der Waals surface area contributed by atoms with Crippen molar-refractivity contribution in [2.45, 2.75) is 6.42 Å². The average Bonchev–Trinajstić information content (AvgIpc) is 2.26. The number of nitrogens with zero attached hydrogens (tertiary/aromatic N) is 2.